The SMILES string of the molecule is CC(=O)c1c(Cc2ccc(I)cc2Cl)n(C)c(=O)n(C)c1=O. The Hall–Kier alpha value is -1.41. The summed E-state index contributed by atoms with van der Waals surface area (Å²) in [5.41, 5.74) is 0.120. The van der Waals surface area contributed by atoms with Gasteiger partial charge >= 0.3 is 5.69 Å². The molecule has 0 amide bonds. The molecule has 7 heteroatoms. The average Bonchev–Trinajstić information content (AvgIpc) is 2.44. The van der Waals surface area contributed by atoms with E-state index in [1.165, 1.54) is 18.5 Å². The van der Waals surface area contributed by atoms with E-state index in [2.05, 4.69) is 22.6 Å². The number of rotatable bonds is 3. The molecule has 0 fully saturated rings. The summed E-state index contributed by atoms with van der Waals surface area (Å²) in [6.45, 7) is 1.32. The molecule has 0 bridgehead atoms. The zero-order valence-corrected chi connectivity index (χ0v) is 15.2. The third-order valence-corrected chi connectivity index (χ3v) is 4.53. The van der Waals surface area contributed by atoms with Gasteiger partial charge in [0.25, 0.3) is 5.56 Å². The van der Waals surface area contributed by atoms with Crippen molar-refractivity contribution < 1.29 is 4.79 Å². The average molecular weight is 433 g/mol. The number of hydrogen-bond acceptors (Lipinski definition) is 3. The second-order valence-corrected chi connectivity index (χ2v) is 6.65. The van der Waals surface area contributed by atoms with Crippen LogP contribution in [-0.2, 0) is 20.5 Å². The molecule has 0 aliphatic rings. The minimum absolute atomic E-state index is 0.0271. The van der Waals surface area contributed by atoms with Crippen molar-refractivity contribution in [2.45, 2.75) is 13.3 Å². The fourth-order valence-corrected chi connectivity index (χ4v) is 3.22. The number of ketones is 1. The molecule has 116 valence electrons. The van der Waals surface area contributed by atoms with Crippen molar-refractivity contribution in [1.29, 1.82) is 0 Å². The van der Waals surface area contributed by atoms with Gasteiger partial charge in [0, 0.05) is 34.8 Å². The molecule has 1 aromatic carbocycles. The highest BCUT2D eigenvalue weighted by Crippen LogP contribution is 2.22. The van der Waals surface area contributed by atoms with E-state index in [9.17, 15) is 14.4 Å². The Morgan fingerprint density at radius 1 is 1.23 bits per heavy atom. The van der Waals surface area contributed by atoms with Crippen LogP contribution in [0.4, 0.5) is 0 Å². The Morgan fingerprint density at radius 2 is 1.86 bits per heavy atom. The molecule has 0 N–H and O–H groups in total. The van der Waals surface area contributed by atoms with Crippen molar-refractivity contribution in [2.24, 2.45) is 14.1 Å². The van der Waals surface area contributed by atoms with E-state index < -0.39 is 11.2 Å². The van der Waals surface area contributed by atoms with Gasteiger partial charge in [0.2, 0.25) is 0 Å². The van der Waals surface area contributed by atoms with Gasteiger partial charge in [-0.05, 0) is 47.2 Å². The first-order chi connectivity index (χ1) is 10.2. The smallest absolute Gasteiger partial charge is 0.300 e. The van der Waals surface area contributed by atoms with Gasteiger partial charge in [0.15, 0.2) is 5.78 Å². The summed E-state index contributed by atoms with van der Waals surface area (Å²) in [5.74, 6) is -0.368. The molecule has 0 saturated carbocycles. The van der Waals surface area contributed by atoms with Crippen molar-refractivity contribution in [3.05, 3.63) is 64.5 Å². The van der Waals surface area contributed by atoms with Gasteiger partial charge in [-0.1, -0.05) is 17.7 Å². The maximum Gasteiger partial charge on any atom is 0.330 e. The molecule has 2 aromatic rings. The molecule has 22 heavy (non-hydrogen) atoms. The number of hydrogen-bond donors (Lipinski definition) is 0. The summed E-state index contributed by atoms with van der Waals surface area (Å²) in [7, 11) is 2.91. The summed E-state index contributed by atoms with van der Waals surface area (Å²) < 4.78 is 3.25. The van der Waals surface area contributed by atoms with Gasteiger partial charge in [0.05, 0.1) is 0 Å². The fraction of sp³-hybridized carbons (Fsp3) is 0.267. The zero-order chi connectivity index (χ0) is 16.6. The highest BCUT2D eigenvalue weighted by molar-refractivity contribution is 14.1. The number of Topliss-reactive ketones (excluding diaryl/α,β-unsaturated/α-hetero) is 1. The molecule has 0 saturated heterocycles. The lowest BCUT2D eigenvalue weighted by Crippen LogP contribution is -2.42. The van der Waals surface area contributed by atoms with E-state index in [1.807, 2.05) is 12.1 Å². The lowest BCUT2D eigenvalue weighted by Gasteiger charge is -2.14. The molecule has 1 aromatic heterocycles. The summed E-state index contributed by atoms with van der Waals surface area (Å²) in [5, 5.41) is 0.537. The van der Waals surface area contributed by atoms with Crippen molar-refractivity contribution in [3.63, 3.8) is 0 Å². The van der Waals surface area contributed by atoms with Crippen LogP contribution < -0.4 is 11.2 Å². The van der Waals surface area contributed by atoms with Crippen LogP contribution in [0.25, 0.3) is 0 Å². The van der Waals surface area contributed by atoms with Crippen molar-refractivity contribution in [3.8, 4) is 0 Å². The van der Waals surface area contributed by atoms with Crippen molar-refractivity contribution >= 4 is 40.0 Å². The Morgan fingerprint density at radius 3 is 2.41 bits per heavy atom. The van der Waals surface area contributed by atoms with E-state index >= 15 is 0 Å². The minimum atomic E-state index is -0.577. The van der Waals surface area contributed by atoms with Crippen LogP contribution in [-0.4, -0.2) is 14.9 Å². The van der Waals surface area contributed by atoms with E-state index in [1.54, 1.807) is 13.1 Å². The van der Waals surface area contributed by atoms with Gasteiger partial charge in [0.1, 0.15) is 5.56 Å². The number of carbonyl (C=O) groups excluding carboxylic acids is 1. The van der Waals surface area contributed by atoms with Crippen LogP contribution in [0.2, 0.25) is 5.02 Å². The Bertz CT molecular complexity index is 884. The van der Waals surface area contributed by atoms with E-state index in [0.717, 1.165) is 13.7 Å². The van der Waals surface area contributed by atoms with Crippen LogP contribution in [0.3, 0.4) is 0 Å². The molecule has 0 radical (unpaired) electrons. The first kappa shape index (κ1) is 17.0. The largest absolute Gasteiger partial charge is 0.330 e. The molecule has 2 rings (SSSR count). The molecule has 0 aliphatic carbocycles. The Kier molecular flexibility index (Phi) is 4.91. The summed E-state index contributed by atoms with van der Waals surface area (Å²) in [6, 6.07) is 5.51. The molecule has 1 heterocycles. The molecule has 0 spiro atoms. The summed E-state index contributed by atoms with van der Waals surface area (Å²) in [4.78, 5) is 36.2. The van der Waals surface area contributed by atoms with Crippen LogP contribution in [0.15, 0.2) is 27.8 Å². The van der Waals surface area contributed by atoms with Crippen LogP contribution in [0.5, 0.6) is 0 Å². The lowest BCUT2D eigenvalue weighted by atomic mass is 10.0. The molecule has 0 atom stereocenters. The molecular weight excluding hydrogens is 419 g/mol. The predicted molar refractivity (Wildman–Crippen MR) is 93.9 cm³/mol. The van der Waals surface area contributed by atoms with Crippen molar-refractivity contribution in [1.82, 2.24) is 9.13 Å². The van der Waals surface area contributed by atoms with Gasteiger partial charge in [-0.15, -0.1) is 0 Å². The second-order valence-electron chi connectivity index (χ2n) is 5.00. The standard InChI is InChI=1S/C15H14ClIN2O3/c1-8(20)13-12(18(2)15(22)19(3)14(13)21)6-9-4-5-10(17)7-11(9)16/h4-5,7H,6H2,1-3H3. The normalized spacial score (nSPS) is 10.8. The number of halogens is 2. The number of benzene rings is 1. The van der Waals surface area contributed by atoms with E-state index in [4.69, 9.17) is 11.6 Å². The van der Waals surface area contributed by atoms with Crippen LogP contribution >= 0.6 is 34.2 Å². The highest BCUT2D eigenvalue weighted by atomic mass is 127. The van der Waals surface area contributed by atoms with Gasteiger partial charge < -0.3 is 0 Å². The monoisotopic (exact) mass is 432 g/mol. The predicted octanol–water partition coefficient (Wildman–Crippen LogP) is 2.14. The topological polar surface area (TPSA) is 61.1 Å². The summed E-state index contributed by atoms with van der Waals surface area (Å²) >= 11 is 8.36. The number of nitrogens with zero attached hydrogens (tertiary/aromatic N) is 2. The minimum Gasteiger partial charge on any atom is -0.300 e. The van der Waals surface area contributed by atoms with Gasteiger partial charge in [-0.3, -0.25) is 18.7 Å². The quantitative estimate of drug-likeness (QED) is 0.551. The first-order valence-electron chi connectivity index (χ1n) is 6.47. The van der Waals surface area contributed by atoms with Crippen LogP contribution in [0, 0.1) is 3.57 Å². The maximum atomic E-state index is 12.2. The molecule has 0 unspecified atom stereocenters. The molecular formula is C15H14ClIN2O3. The maximum absolute atomic E-state index is 12.2. The Labute approximate surface area is 145 Å². The number of carbonyl (C=O) groups is 1. The Balaban J connectivity index is 2.72. The first-order valence-corrected chi connectivity index (χ1v) is 7.93. The molecule has 5 nitrogen and oxygen atoms in total. The highest BCUT2D eigenvalue weighted by Gasteiger charge is 2.19. The van der Waals surface area contributed by atoms with E-state index in [-0.39, 0.29) is 17.8 Å². The van der Waals surface area contributed by atoms with Gasteiger partial charge in [-0.2, -0.15) is 0 Å². The lowest BCUT2D eigenvalue weighted by molar-refractivity contribution is 0.101. The zero-order valence-electron chi connectivity index (χ0n) is 12.3. The third kappa shape index (κ3) is 3.03. The third-order valence-electron chi connectivity index (χ3n) is 3.51. The van der Waals surface area contributed by atoms with E-state index in [0.29, 0.717) is 10.7 Å². The fourth-order valence-electron chi connectivity index (χ4n) is 2.29. The van der Waals surface area contributed by atoms with Crippen LogP contribution in [0.1, 0.15) is 28.5 Å². The van der Waals surface area contributed by atoms with Gasteiger partial charge in [-0.25, -0.2) is 4.79 Å². The number of aromatic nitrogens is 2. The van der Waals surface area contributed by atoms with Crippen molar-refractivity contribution in [2.75, 3.05) is 0 Å². The molecule has 0 aliphatic heterocycles. The second kappa shape index (κ2) is 6.37. The summed E-state index contributed by atoms with van der Waals surface area (Å²) in [6.07, 6.45) is 0.243.